The van der Waals surface area contributed by atoms with Crippen molar-refractivity contribution in [3.8, 4) is 22.5 Å². The first-order chi connectivity index (χ1) is 13.3. The van der Waals surface area contributed by atoms with E-state index in [2.05, 4.69) is 58.0 Å². The van der Waals surface area contributed by atoms with Crippen molar-refractivity contribution in [3.63, 3.8) is 0 Å². The molecular weight excluding hydrogens is 332 g/mol. The van der Waals surface area contributed by atoms with E-state index in [0.717, 1.165) is 36.3 Å². The van der Waals surface area contributed by atoms with Gasteiger partial charge in [-0.2, -0.15) is 5.10 Å². The predicted octanol–water partition coefficient (Wildman–Crippen LogP) is 5.06. The van der Waals surface area contributed by atoms with Crippen LogP contribution in [0, 0.1) is 0 Å². The zero-order chi connectivity index (χ0) is 18.2. The fraction of sp³-hybridized carbons (Fsp3) is 0.261. The van der Waals surface area contributed by atoms with Gasteiger partial charge in [0.2, 0.25) is 0 Å². The quantitative estimate of drug-likeness (QED) is 0.516. The van der Waals surface area contributed by atoms with Gasteiger partial charge in [0, 0.05) is 35.6 Å². The summed E-state index contributed by atoms with van der Waals surface area (Å²) in [6.45, 7) is 3.16. The normalized spacial score (nSPS) is 13.7. The largest absolute Gasteiger partial charge is 0.268 e. The molecule has 3 aromatic heterocycles. The van der Waals surface area contributed by atoms with Crippen molar-refractivity contribution < 1.29 is 0 Å². The van der Waals surface area contributed by atoms with Crippen LogP contribution in [0.1, 0.15) is 31.0 Å². The van der Waals surface area contributed by atoms with Gasteiger partial charge < -0.3 is 0 Å². The molecule has 4 heteroatoms. The summed E-state index contributed by atoms with van der Waals surface area (Å²) in [5, 5.41) is 6.19. The molecule has 0 N–H and O–H groups in total. The summed E-state index contributed by atoms with van der Waals surface area (Å²) in [5.41, 5.74) is 8.04. The van der Waals surface area contributed by atoms with Crippen LogP contribution in [0.5, 0.6) is 0 Å². The highest BCUT2D eigenvalue weighted by molar-refractivity contribution is 5.98. The lowest BCUT2D eigenvalue weighted by atomic mass is 9.94. The molecule has 0 saturated heterocycles. The second-order valence-corrected chi connectivity index (χ2v) is 7.13. The Kier molecular flexibility index (Phi) is 3.97. The van der Waals surface area contributed by atoms with E-state index in [9.17, 15) is 0 Å². The van der Waals surface area contributed by atoms with Crippen LogP contribution in [-0.4, -0.2) is 19.7 Å². The van der Waals surface area contributed by atoms with Gasteiger partial charge in [-0.1, -0.05) is 25.1 Å². The van der Waals surface area contributed by atoms with E-state index >= 15 is 0 Å². The van der Waals surface area contributed by atoms with Crippen LogP contribution in [0.25, 0.3) is 33.4 Å². The summed E-state index contributed by atoms with van der Waals surface area (Å²) in [4.78, 5) is 9.23. The number of pyridine rings is 2. The lowest BCUT2D eigenvalue weighted by Gasteiger charge is -2.15. The maximum atomic E-state index is 5.01. The van der Waals surface area contributed by atoms with Gasteiger partial charge in [0.25, 0.3) is 0 Å². The van der Waals surface area contributed by atoms with Crippen LogP contribution in [0.15, 0.2) is 54.9 Å². The summed E-state index contributed by atoms with van der Waals surface area (Å²) in [6.07, 6.45) is 8.27. The van der Waals surface area contributed by atoms with E-state index < -0.39 is 0 Å². The van der Waals surface area contributed by atoms with Crippen molar-refractivity contribution in [1.29, 1.82) is 0 Å². The smallest absolute Gasteiger partial charge is 0.119 e. The average molecular weight is 354 g/mol. The fourth-order valence-corrected chi connectivity index (χ4v) is 4.09. The molecule has 0 aliphatic carbocycles. The highest BCUT2D eigenvalue weighted by Gasteiger charge is 2.24. The molecule has 4 aromatic rings. The molecule has 0 fully saturated rings. The van der Waals surface area contributed by atoms with Gasteiger partial charge in [-0.3, -0.25) is 14.6 Å². The maximum Gasteiger partial charge on any atom is 0.119 e. The zero-order valence-electron chi connectivity index (χ0n) is 15.5. The van der Waals surface area contributed by atoms with Crippen molar-refractivity contribution in [3.05, 3.63) is 66.1 Å². The molecule has 4 nitrogen and oxygen atoms in total. The van der Waals surface area contributed by atoms with E-state index in [1.165, 1.54) is 40.6 Å². The Morgan fingerprint density at radius 2 is 1.89 bits per heavy atom. The highest BCUT2D eigenvalue weighted by atomic mass is 15.3. The van der Waals surface area contributed by atoms with Crippen LogP contribution in [0.2, 0.25) is 0 Å². The van der Waals surface area contributed by atoms with Crippen molar-refractivity contribution in [2.45, 2.75) is 39.2 Å². The predicted molar refractivity (Wildman–Crippen MR) is 109 cm³/mol. The Morgan fingerprint density at radius 3 is 2.81 bits per heavy atom. The van der Waals surface area contributed by atoms with Crippen LogP contribution < -0.4 is 0 Å². The number of hydrogen-bond acceptors (Lipinski definition) is 3. The Hall–Kier alpha value is -3.01. The van der Waals surface area contributed by atoms with Gasteiger partial charge in [0.05, 0.1) is 11.2 Å². The molecule has 0 atom stereocenters. The monoisotopic (exact) mass is 354 g/mol. The number of aryl methyl sites for hydroxylation is 2. The van der Waals surface area contributed by atoms with Gasteiger partial charge in [0.1, 0.15) is 5.69 Å². The summed E-state index contributed by atoms with van der Waals surface area (Å²) in [5.74, 6) is 0. The van der Waals surface area contributed by atoms with E-state index in [1.54, 1.807) is 0 Å². The fourth-order valence-electron chi connectivity index (χ4n) is 4.09. The minimum Gasteiger partial charge on any atom is -0.268 e. The second-order valence-electron chi connectivity index (χ2n) is 7.13. The SMILES string of the molecule is CCc1ccnc(-c2nn3c(c2-c2ccnc4ccccc24)CCCC3)c1. The van der Waals surface area contributed by atoms with E-state index in [0.29, 0.717) is 0 Å². The standard InChI is InChI=1S/C23H22N4/c1-2-16-10-12-25-20(15-16)23-22(21-9-5-6-14-27(21)26-23)18-11-13-24-19-8-4-3-7-17(18)19/h3-4,7-8,10-13,15H,2,5-6,9,14H2,1H3. The van der Waals surface area contributed by atoms with Gasteiger partial charge in [-0.15, -0.1) is 0 Å². The summed E-state index contributed by atoms with van der Waals surface area (Å²) in [7, 11) is 0. The molecule has 1 aliphatic rings. The van der Waals surface area contributed by atoms with E-state index in [4.69, 9.17) is 5.10 Å². The van der Waals surface area contributed by atoms with Crippen molar-refractivity contribution in [1.82, 2.24) is 19.7 Å². The Balaban J connectivity index is 1.81. The minimum absolute atomic E-state index is 0.965. The van der Waals surface area contributed by atoms with Crippen LogP contribution >= 0.6 is 0 Å². The Morgan fingerprint density at radius 1 is 1.00 bits per heavy atom. The number of para-hydroxylation sites is 1. The van der Waals surface area contributed by atoms with E-state index in [-0.39, 0.29) is 0 Å². The third kappa shape index (κ3) is 2.72. The van der Waals surface area contributed by atoms with Crippen molar-refractivity contribution in [2.24, 2.45) is 0 Å². The minimum atomic E-state index is 0.965. The van der Waals surface area contributed by atoms with Crippen LogP contribution in [-0.2, 0) is 19.4 Å². The summed E-state index contributed by atoms with van der Waals surface area (Å²) < 4.78 is 2.20. The van der Waals surface area contributed by atoms with Gasteiger partial charge >= 0.3 is 0 Å². The molecule has 134 valence electrons. The summed E-state index contributed by atoms with van der Waals surface area (Å²) in [6, 6.07) is 14.7. The summed E-state index contributed by atoms with van der Waals surface area (Å²) >= 11 is 0. The molecule has 0 spiro atoms. The van der Waals surface area contributed by atoms with Crippen molar-refractivity contribution >= 4 is 10.9 Å². The van der Waals surface area contributed by atoms with Gasteiger partial charge in [-0.05, 0) is 61.1 Å². The molecule has 5 rings (SSSR count). The van der Waals surface area contributed by atoms with E-state index in [1.807, 2.05) is 18.5 Å². The second kappa shape index (κ2) is 6.62. The lowest BCUT2D eigenvalue weighted by Crippen LogP contribution is -2.11. The van der Waals surface area contributed by atoms with Crippen LogP contribution in [0.4, 0.5) is 0 Å². The molecule has 1 aliphatic heterocycles. The third-order valence-corrected chi connectivity index (χ3v) is 5.48. The molecule has 0 radical (unpaired) electrons. The highest BCUT2D eigenvalue weighted by Crippen LogP contribution is 2.39. The van der Waals surface area contributed by atoms with Crippen LogP contribution in [0.3, 0.4) is 0 Å². The van der Waals surface area contributed by atoms with Gasteiger partial charge in [0.15, 0.2) is 0 Å². The first-order valence-electron chi connectivity index (χ1n) is 9.74. The zero-order valence-corrected chi connectivity index (χ0v) is 15.5. The third-order valence-electron chi connectivity index (χ3n) is 5.48. The maximum absolute atomic E-state index is 5.01. The number of aromatic nitrogens is 4. The molecule has 0 bridgehead atoms. The topological polar surface area (TPSA) is 43.6 Å². The molecule has 27 heavy (non-hydrogen) atoms. The molecule has 1 aromatic carbocycles. The molecule has 0 amide bonds. The average Bonchev–Trinajstić information content (AvgIpc) is 3.13. The van der Waals surface area contributed by atoms with Gasteiger partial charge in [-0.25, -0.2) is 0 Å². The molecule has 0 saturated carbocycles. The molecule has 4 heterocycles. The first kappa shape index (κ1) is 16.2. The molecular formula is C23H22N4. The Labute approximate surface area is 158 Å². The molecule has 0 unspecified atom stereocenters. The number of rotatable bonds is 3. The number of benzene rings is 1. The number of fused-ring (bicyclic) bond motifs is 2. The van der Waals surface area contributed by atoms with Crippen molar-refractivity contribution in [2.75, 3.05) is 0 Å². The number of nitrogens with zero attached hydrogens (tertiary/aromatic N) is 4. The lowest BCUT2D eigenvalue weighted by molar-refractivity contribution is 0.487. The first-order valence-corrected chi connectivity index (χ1v) is 9.74. The Bertz CT molecular complexity index is 1120. The number of hydrogen-bond donors (Lipinski definition) is 0.